The first kappa shape index (κ1) is 15.7. The molecule has 0 heterocycles. The molecule has 1 aromatic carbocycles. The van der Waals surface area contributed by atoms with E-state index in [4.69, 9.17) is 5.11 Å². The quantitative estimate of drug-likeness (QED) is 0.791. The van der Waals surface area contributed by atoms with Crippen LogP contribution >= 0.6 is 0 Å². The van der Waals surface area contributed by atoms with Crippen molar-refractivity contribution in [1.82, 2.24) is 0 Å². The highest BCUT2D eigenvalue weighted by atomic mass is 16.4. The molecule has 1 unspecified atom stereocenters. The Kier molecular flexibility index (Phi) is 5.55. The number of aliphatic carboxylic acids is 1. The van der Waals surface area contributed by atoms with Crippen molar-refractivity contribution < 1.29 is 15.0 Å². The normalized spacial score (nSPS) is 13.3. The van der Waals surface area contributed by atoms with E-state index in [1.807, 2.05) is 24.3 Å². The molecule has 0 amide bonds. The molecule has 0 aliphatic carbocycles. The minimum absolute atomic E-state index is 0.219. The van der Waals surface area contributed by atoms with Gasteiger partial charge in [0.1, 0.15) is 0 Å². The lowest BCUT2D eigenvalue weighted by Crippen LogP contribution is -2.26. The second-order valence-corrected chi connectivity index (χ2v) is 5.75. The second kappa shape index (κ2) is 6.71. The van der Waals surface area contributed by atoms with E-state index in [0.29, 0.717) is 0 Å². The zero-order valence-corrected chi connectivity index (χ0v) is 12.0. The number of hydrogen-bond donors (Lipinski definition) is 2. The number of benzene rings is 1. The molecule has 19 heavy (non-hydrogen) atoms. The lowest BCUT2D eigenvalue weighted by atomic mass is 9.84. The third-order valence-electron chi connectivity index (χ3n) is 3.47. The second-order valence-electron chi connectivity index (χ2n) is 5.75. The predicted octanol–water partition coefficient (Wildman–Crippen LogP) is 3.56. The van der Waals surface area contributed by atoms with Crippen LogP contribution in [0.2, 0.25) is 0 Å². The Bertz CT molecular complexity index is 407. The van der Waals surface area contributed by atoms with Gasteiger partial charge in [-0.3, -0.25) is 4.79 Å². The molecule has 1 rings (SSSR count). The van der Waals surface area contributed by atoms with E-state index < -0.39 is 17.5 Å². The first-order chi connectivity index (χ1) is 8.86. The Morgan fingerprint density at radius 3 is 2.32 bits per heavy atom. The number of rotatable bonds is 7. The number of carboxylic acid groups (broad SMARTS) is 1. The zero-order chi connectivity index (χ0) is 14.5. The maximum atomic E-state index is 11.0. The highest BCUT2D eigenvalue weighted by Gasteiger charge is 2.30. The van der Waals surface area contributed by atoms with Crippen LogP contribution < -0.4 is 0 Å². The topological polar surface area (TPSA) is 57.5 Å². The molecule has 0 radical (unpaired) electrons. The van der Waals surface area contributed by atoms with Gasteiger partial charge < -0.3 is 10.2 Å². The van der Waals surface area contributed by atoms with Crippen molar-refractivity contribution in [2.45, 2.75) is 52.6 Å². The van der Waals surface area contributed by atoms with Gasteiger partial charge in [0.05, 0.1) is 11.5 Å². The van der Waals surface area contributed by atoms with Crippen LogP contribution in [-0.2, 0) is 11.2 Å². The molecule has 0 aromatic heterocycles. The number of carboxylic acids is 1. The van der Waals surface area contributed by atoms with E-state index in [1.165, 1.54) is 5.56 Å². The summed E-state index contributed by atoms with van der Waals surface area (Å²) in [7, 11) is 0. The Hall–Kier alpha value is -1.35. The van der Waals surface area contributed by atoms with E-state index in [0.717, 1.165) is 24.8 Å². The molecule has 3 nitrogen and oxygen atoms in total. The van der Waals surface area contributed by atoms with Crippen LogP contribution in [0.3, 0.4) is 0 Å². The van der Waals surface area contributed by atoms with Crippen molar-refractivity contribution >= 4 is 5.97 Å². The van der Waals surface area contributed by atoms with Crippen LogP contribution in [0.25, 0.3) is 0 Å². The van der Waals surface area contributed by atoms with Gasteiger partial charge in [-0.2, -0.15) is 0 Å². The molecule has 3 heteroatoms. The Balaban J connectivity index is 2.67. The van der Waals surface area contributed by atoms with Gasteiger partial charge in [0.25, 0.3) is 0 Å². The fourth-order valence-electron chi connectivity index (χ4n) is 1.98. The standard InChI is InChI=1S/C16H24O3/c1-4-5-6-12-7-9-13(10-8-12)14(17)11-16(2,3)15(18)19/h7-10,14,17H,4-6,11H2,1-3H3,(H,18,19). The Morgan fingerprint density at radius 2 is 1.84 bits per heavy atom. The first-order valence-electron chi connectivity index (χ1n) is 6.87. The van der Waals surface area contributed by atoms with E-state index in [-0.39, 0.29) is 6.42 Å². The molecule has 2 N–H and O–H groups in total. The third kappa shape index (κ3) is 4.67. The molecule has 1 aromatic rings. The number of carbonyl (C=O) groups is 1. The number of aliphatic hydroxyl groups excluding tert-OH is 1. The zero-order valence-electron chi connectivity index (χ0n) is 12.0. The number of aliphatic hydroxyl groups is 1. The molecular formula is C16H24O3. The molecule has 0 aliphatic heterocycles. The Labute approximate surface area is 115 Å². The van der Waals surface area contributed by atoms with Gasteiger partial charge in [-0.05, 0) is 44.2 Å². The fourth-order valence-corrected chi connectivity index (χ4v) is 1.98. The lowest BCUT2D eigenvalue weighted by Gasteiger charge is -2.23. The summed E-state index contributed by atoms with van der Waals surface area (Å²) in [4.78, 5) is 11.0. The summed E-state index contributed by atoms with van der Waals surface area (Å²) in [6.45, 7) is 5.43. The summed E-state index contributed by atoms with van der Waals surface area (Å²) in [6, 6.07) is 7.82. The molecule has 106 valence electrons. The summed E-state index contributed by atoms with van der Waals surface area (Å²) >= 11 is 0. The van der Waals surface area contributed by atoms with Crippen LogP contribution in [0.4, 0.5) is 0 Å². The van der Waals surface area contributed by atoms with Crippen molar-refractivity contribution in [3.05, 3.63) is 35.4 Å². The molecule has 0 fully saturated rings. The molecule has 1 atom stereocenters. The molecule has 0 aliphatic rings. The van der Waals surface area contributed by atoms with Crippen LogP contribution in [0.1, 0.15) is 57.3 Å². The summed E-state index contributed by atoms with van der Waals surface area (Å²) in [5, 5.41) is 19.2. The van der Waals surface area contributed by atoms with E-state index >= 15 is 0 Å². The van der Waals surface area contributed by atoms with Crippen LogP contribution in [0.15, 0.2) is 24.3 Å². The third-order valence-corrected chi connectivity index (χ3v) is 3.47. The van der Waals surface area contributed by atoms with Crippen LogP contribution in [0, 0.1) is 5.41 Å². The van der Waals surface area contributed by atoms with Crippen molar-refractivity contribution in [1.29, 1.82) is 0 Å². The maximum Gasteiger partial charge on any atom is 0.309 e. The van der Waals surface area contributed by atoms with E-state index in [9.17, 15) is 9.90 Å². The molecule has 0 saturated heterocycles. The van der Waals surface area contributed by atoms with Gasteiger partial charge in [-0.25, -0.2) is 0 Å². The minimum Gasteiger partial charge on any atom is -0.481 e. The van der Waals surface area contributed by atoms with Crippen LogP contribution in [-0.4, -0.2) is 16.2 Å². The number of aryl methyl sites for hydroxylation is 1. The molecule has 0 spiro atoms. The summed E-state index contributed by atoms with van der Waals surface area (Å²) in [5.41, 5.74) is 1.13. The van der Waals surface area contributed by atoms with E-state index in [2.05, 4.69) is 6.92 Å². The smallest absolute Gasteiger partial charge is 0.309 e. The summed E-state index contributed by atoms with van der Waals surface area (Å²) < 4.78 is 0. The molecular weight excluding hydrogens is 240 g/mol. The fraction of sp³-hybridized carbons (Fsp3) is 0.562. The molecule has 0 saturated carbocycles. The monoisotopic (exact) mass is 264 g/mol. The molecule has 0 bridgehead atoms. The van der Waals surface area contributed by atoms with Gasteiger partial charge in [0, 0.05) is 0 Å². The van der Waals surface area contributed by atoms with Gasteiger partial charge >= 0.3 is 5.97 Å². The van der Waals surface area contributed by atoms with Crippen molar-refractivity contribution in [3.8, 4) is 0 Å². The number of hydrogen-bond acceptors (Lipinski definition) is 2. The summed E-state index contributed by atoms with van der Waals surface area (Å²) in [6.07, 6.45) is 2.86. The van der Waals surface area contributed by atoms with Gasteiger partial charge in [-0.15, -0.1) is 0 Å². The summed E-state index contributed by atoms with van der Waals surface area (Å²) in [5.74, 6) is -0.883. The highest BCUT2D eigenvalue weighted by molar-refractivity contribution is 5.73. The van der Waals surface area contributed by atoms with Gasteiger partial charge in [0.15, 0.2) is 0 Å². The lowest BCUT2D eigenvalue weighted by molar-refractivity contribution is -0.148. The first-order valence-corrected chi connectivity index (χ1v) is 6.87. The largest absolute Gasteiger partial charge is 0.481 e. The average molecular weight is 264 g/mol. The van der Waals surface area contributed by atoms with Crippen molar-refractivity contribution in [2.24, 2.45) is 5.41 Å². The maximum absolute atomic E-state index is 11.0. The highest BCUT2D eigenvalue weighted by Crippen LogP contribution is 2.30. The number of unbranched alkanes of at least 4 members (excludes halogenated alkanes) is 1. The van der Waals surface area contributed by atoms with Gasteiger partial charge in [0.2, 0.25) is 0 Å². The predicted molar refractivity (Wildman–Crippen MR) is 76.0 cm³/mol. The van der Waals surface area contributed by atoms with Crippen molar-refractivity contribution in [3.63, 3.8) is 0 Å². The van der Waals surface area contributed by atoms with Crippen molar-refractivity contribution in [2.75, 3.05) is 0 Å². The van der Waals surface area contributed by atoms with Gasteiger partial charge in [-0.1, -0.05) is 37.6 Å². The Morgan fingerprint density at radius 1 is 1.26 bits per heavy atom. The minimum atomic E-state index is -0.916. The van der Waals surface area contributed by atoms with Crippen LogP contribution in [0.5, 0.6) is 0 Å². The SMILES string of the molecule is CCCCc1ccc(C(O)CC(C)(C)C(=O)O)cc1. The average Bonchev–Trinajstić information content (AvgIpc) is 2.36. The van der Waals surface area contributed by atoms with E-state index in [1.54, 1.807) is 13.8 Å².